The van der Waals surface area contributed by atoms with Gasteiger partial charge in [0.2, 0.25) is 0 Å². The molecule has 0 aromatic rings. The summed E-state index contributed by atoms with van der Waals surface area (Å²) in [7, 11) is -10.8. The van der Waals surface area contributed by atoms with Gasteiger partial charge >= 0.3 is 27.6 Å². The normalized spacial score (nSPS) is 22.4. The van der Waals surface area contributed by atoms with Crippen molar-refractivity contribution in [3.63, 3.8) is 0 Å². The van der Waals surface area contributed by atoms with Crippen LogP contribution in [-0.4, -0.2) is 125 Å². The summed E-state index contributed by atoms with van der Waals surface area (Å²) in [5.41, 5.74) is 0. The number of unbranched alkanes of at least 4 members (excludes halogenated alkanes) is 19. The van der Waals surface area contributed by atoms with E-state index >= 15 is 0 Å². The molecule has 1 rings (SSSR count). The van der Waals surface area contributed by atoms with E-state index in [2.05, 4.69) is 24.4 Å². The minimum atomic E-state index is -5.39. The number of ether oxygens (including phenoxy) is 2. The molecule has 5 unspecified atom stereocenters. The first-order valence-electron chi connectivity index (χ1n) is 25.4. The van der Waals surface area contributed by atoms with Crippen molar-refractivity contribution in [2.45, 2.75) is 236 Å². The van der Waals surface area contributed by atoms with Crippen LogP contribution in [0.15, 0.2) is 48.6 Å². The van der Waals surface area contributed by atoms with Gasteiger partial charge < -0.3 is 54.8 Å². The molecule has 69 heavy (non-hydrogen) atoms. The summed E-state index contributed by atoms with van der Waals surface area (Å²) in [4.78, 5) is 54.4. The lowest BCUT2D eigenvalue weighted by Gasteiger charge is -2.43. The molecule has 0 radical (unpaired) electrons. The number of allylic oxidation sites excluding steroid dienone is 5. The Morgan fingerprint density at radius 3 is 1.55 bits per heavy atom. The fraction of sp³-hybridized carbons (Fsp3) is 0.796. The smallest absolute Gasteiger partial charge is 0.462 e. The molecule has 0 aliphatic heterocycles. The van der Waals surface area contributed by atoms with Crippen molar-refractivity contribution in [3.05, 3.63) is 48.6 Å². The zero-order valence-corrected chi connectivity index (χ0v) is 43.0. The molecule has 0 amide bonds. The fourth-order valence-electron chi connectivity index (χ4n) is 7.57. The van der Waals surface area contributed by atoms with Crippen molar-refractivity contribution < 1.29 is 87.1 Å². The average molecular weight is 1030 g/mol. The van der Waals surface area contributed by atoms with E-state index in [1.54, 1.807) is 30.4 Å². The first kappa shape index (κ1) is 64.9. The Hall–Kier alpha value is -2.12. The van der Waals surface area contributed by atoms with Crippen molar-refractivity contribution in [1.29, 1.82) is 0 Å². The van der Waals surface area contributed by atoms with Crippen LogP contribution in [0.5, 0.6) is 0 Å². The van der Waals surface area contributed by atoms with Gasteiger partial charge in [0.05, 0.1) is 18.8 Å². The Morgan fingerprint density at radius 2 is 1.01 bits per heavy atom. The largest absolute Gasteiger partial charge is 0.472 e. The van der Waals surface area contributed by atoms with Gasteiger partial charge in [-0.05, 0) is 38.5 Å². The van der Waals surface area contributed by atoms with Crippen LogP contribution in [0.3, 0.4) is 0 Å². The predicted octanol–water partition coefficient (Wildman–Crippen LogP) is 8.01. The van der Waals surface area contributed by atoms with Gasteiger partial charge in [-0.15, -0.1) is 0 Å². The van der Waals surface area contributed by atoms with E-state index in [0.717, 1.165) is 44.9 Å². The molecule has 10 atom stereocenters. The maximum atomic E-state index is 13.0. The third-order valence-corrected chi connectivity index (χ3v) is 13.1. The van der Waals surface area contributed by atoms with Crippen LogP contribution >= 0.6 is 15.6 Å². The van der Waals surface area contributed by atoms with Crippen molar-refractivity contribution in [3.8, 4) is 0 Å². The van der Waals surface area contributed by atoms with Crippen molar-refractivity contribution in [1.82, 2.24) is 0 Å². The van der Waals surface area contributed by atoms with Crippen molar-refractivity contribution in [2.75, 3.05) is 13.2 Å². The van der Waals surface area contributed by atoms with Crippen LogP contribution in [0.2, 0.25) is 0 Å². The predicted molar refractivity (Wildman–Crippen MR) is 262 cm³/mol. The maximum Gasteiger partial charge on any atom is 0.472 e. The molecule has 0 heterocycles. The van der Waals surface area contributed by atoms with E-state index in [1.807, 2.05) is 6.08 Å². The van der Waals surface area contributed by atoms with Crippen LogP contribution in [0.1, 0.15) is 181 Å². The maximum absolute atomic E-state index is 13.0. The highest BCUT2D eigenvalue weighted by Gasteiger charge is 2.54. The average Bonchev–Trinajstić information content (AvgIpc) is 3.29. The second-order valence-electron chi connectivity index (χ2n) is 17.9. The molecule has 1 aliphatic carbocycles. The van der Waals surface area contributed by atoms with Crippen LogP contribution < -0.4 is 0 Å². The van der Waals surface area contributed by atoms with Gasteiger partial charge in [0.1, 0.15) is 43.2 Å². The quantitative estimate of drug-likeness (QED) is 0.00919. The van der Waals surface area contributed by atoms with E-state index in [-0.39, 0.29) is 25.7 Å². The number of hydrogen-bond donors (Lipinski definition) is 9. The summed E-state index contributed by atoms with van der Waals surface area (Å²) in [6.45, 7) is 2.86. The molecular weight excluding hydrogens is 938 g/mol. The molecule has 0 spiro atoms. The number of rotatable bonds is 42. The molecule has 0 bridgehead atoms. The number of aliphatic hydroxyl groups is 6. The van der Waals surface area contributed by atoms with Gasteiger partial charge in [0, 0.05) is 12.8 Å². The number of carbonyl (C=O) groups is 2. The summed E-state index contributed by atoms with van der Waals surface area (Å²) in [5.74, 6) is -1.44. The molecule has 402 valence electrons. The summed E-state index contributed by atoms with van der Waals surface area (Å²) in [6, 6.07) is 0. The van der Waals surface area contributed by atoms with Crippen LogP contribution in [0.4, 0.5) is 0 Å². The highest BCUT2D eigenvalue weighted by molar-refractivity contribution is 7.47. The third kappa shape index (κ3) is 34.0. The summed E-state index contributed by atoms with van der Waals surface area (Å²) in [5, 5.41) is 61.7. The second-order valence-corrected chi connectivity index (χ2v) is 20.5. The molecule has 9 N–H and O–H groups in total. The number of carbonyl (C=O) groups excluding carboxylic acids is 2. The zero-order valence-electron chi connectivity index (χ0n) is 41.2. The molecule has 1 fully saturated rings. The number of phosphoric ester groups is 2. The van der Waals surface area contributed by atoms with E-state index in [9.17, 15) is 64.0 Å². The third-order valence-electron chi connectivity index (χ3n) is 11.6. The Labute approximate surface area is 411 Å². The van der Waals surface area contributed by atoms with E-state index in [0.29, 0.717) is 12.8 Å². The van der Waals surface area contributed by atoms with Crippen LogP contribution in [0.25, 0.3) is 0 Å². The Bertz CT molecular complexity index is 1550. The minimum Gasteiger partial charge on any atom is -0.462 e. The molecule has 20 heteroatoms. The van der Waals surface area contributed by atoms with Gasteiger partial charge in [-0.3, -0.25) is 23.2 Å². The number of aliphatic hydroxyl groups excluding tert-OH is 6. The van der Waals surface area contributed by atoms with Gasteiger partial charge in [0.25, 0.3) is 0 Å². The lowest BCUT2D eigenvalue weighted by atomic mass is 9.85. The zero-order chi connectivity index (χ0) is 51.3. The van der Waals surface area contributed by atoms with Crippen LogP contribution in [-0.2, 0) is 41.8 Å². The van der Waals surface area contributed by atoms with E-state index < -0.39 is 95.7 Å². The number of esters is 2. The van der Waals surface area contributed by atoms with Crippen LogP contribution in [0, 0.1) is 0 Å². The molecular formula is C49H88O18P2. The second kappa shape index (κ2) is 39.4. The fourth-order valence-corrected chi connectivity index (χ4v) is 9.11. The topological polar surface area (TPSA) is 296 Å². The highest BCUT2D eigenvalue weighted by atomic mass is 31.2. The summed E-state index contributed by atoms with van der Waals surface area (Å²) >= 11 is 0. The molecule has 0 aromatic carbocycles. The number of hydrogen-bond acceptors (Lipinski definition) is 15. The van der Waals surface area contributed by atoms with Crippen molar-refractivity contribution in [2.24, 2.45) is 0 Å². The highest BCUT2D eigenvalue weighted by Crippen LogP contribution is 2.49. The monoisotopic (exact) mass is 1030 g/mol. The number of phosphoric acid groups is 2. The van der Waals surface area contributed by atoms with E-state index in [4.69, 9.17) is 18.5 Å². The van der Waals surface area contributed by atoms with E-state index in [1.165, 1.54) is 89.5 Å². The van der Waals surface area contributed by atoms with Gasteiger partial charge in [-0.1, -0.05) is 178 Å². The molecule has 1 saturated carbocycles. The molecule has 18 nitrogen and oxygen atoms in total. The molecule has 1 aliphatic rings. The van der Waals surface area contributed by atoms with Gasteiger partial charge in [0.15, 0.2) is 6.10 Å². The van der Waals surface area contributed by atoms with Gasteiger partial charge in [-0.25, -0.2) is 9.13 Å². The Kier molecular flexibility index (Phi) is 37.1. The first-order chi connectivity index (χ1) is 32.9. The minimum absolute atomic E-state index is 0.00629. The SMILES string of the molecule is CCCCC/C=C\C[C@@H](O)/C=C/C=C/C=C\[C@@H](O)CCCC(=O)OC[C@H](COP(=O)(O)O[C@H]1C(O)C(O)C(O)[C@@H](OP(=O)(O)O)C1O)OC(=O)CCCCCCCCCCCCCCCCCCC. The van der Waals surface area contributed by atoms with Gasteiger partial charge in [-0.2, -0.15) is 0 Å². The first-order valence-corrected chi connectivity index (χ1v) is 28.4. The Morgan fingerprint density at radius 1 is 0.536 bits per heavy atom. The Balaban J connectivity index is 2.66. The lowest BCUT2D eigenvalue weighted by Crippen LogP contribution is -2.64. The summed E-state index contributed by atoms with van der Waals surface area (Å²) in [6.07, 6.45) is 22.5. The molecule has 0 saturated heterocycles. The summed E-state index contributed by atoms with van der Waals surface area (Å²) < 4.78 is 49.3. The molecule has 0 aromatic heterocycles. The standard InChI is InChI=1S/C49H88O18P2/c1-3-5-7-9-11-12-13-14-15-16-17-18-19-20-21-23-29-35-43(53)65-41(38-64-69(61,62)67-49-46(56)44(54)45(55)48(47(49)57)66-68(58,59)60)37-63-42(52)36-30-34-40(51)33-28-25-24-27-32-39(50)31-26-22-10-8-6-4-2/h22,24-28,32-33,39-41,44-51,54-57H,3-21,23,29-31,34-38H2,1-2H3,(H,61,62)(H2,58,59,60)/b25-24+,26-22-,32-27+,33-28-/t39-,40-,41-,44?,45?,46?,47?,48-,49+/m1/s1. The van der Waals surface area contributed by atoms with Crippen molar-refractivity contribution >= 4 is 27.6 Å². The lowest BCUT2D eigenvalue weighted by molar-refractivity contribution is -0.216.